The summed E-state index contributed by atoms with van der Waals surface area (Å²) in [6, 6.07) is 13.1. The van der Waals surface area contributed by atoms with Crippen LogP contribution >= 0.6 is 0 Å². The van der Waals surface area contributed by atoms with Crippen LogP contribution in [0.2, 0.25) is 0 Å². The normalized spacial score (nSPS) is 7.94. The van der Waals surface area contributed by atoms with Crippen molar-refractivity contribution in [3.8, 4) is 160 Å². The maximum atomic E-state index is 6.52. The number of rotatable bonds is 0. The fourth-order valence-corrected chi connectivity index (χ4v) is 5.28. The molecule has 8 aromatic rings. The SMILES string of the molecule is Cc1[c-]c2c3ncccc3c3nccnc3n2n1.Cc1cc2c3ncccc3c3nccnc3n2n1.[C-]#CC#CC#CC#CC#CC#CC#CC#CC#CC#CC#CC#CC#CC#C.[Ir].[Ir]. The van der Waals surface area contributed by atoms with Crippen LogP contribution in [0.1, 0.15) is 11.4 Å². The minimum absolute atomic E-state index is 0. The largest absolute Gasteiger partial charge is 0.358 e. The van der Waals surface area contributed by atoms with E-state index < -0.39 is 0 Å². The molecule has 0 aliphatic carbocycles. The predicted octanol–water partition coefficient (Wildman–Crippen LogP) is 4.31. The number of hydrogen-bond donors (Lipinski definition) is 0. The van der Waals surface area contributed by atoms with Crippen LogP contribution in [0.25, 0.3) is 55.2 Å². The molecule has 10 nitrogen and oxygen atoms in total. The molecule has 8 heterocycles. The Labute approximate surface area is 407 Å². The summed E-state index contributed by atoms with van der Waals surface area (Å²) in [5, 5.41) is 10.9. The average Bonchev–Trinajstić information content (AvgIpc) is 3.94. The van der Waals surface area contributed by atoms with E-state index in [9.17, 15) is 0 Å². The van der Waals surface area contributed by atoms with E-state index in [0.717, 1.165) is 66.6 Å². The Morgan fingerprint density at radius 1 is 0.470 bits per heavy atom. The second kappa shape index (κ2) is 26.4. The number of aromatic nitrogens is 10. The van der Waals surface area contributed by atoms with Gasteiger partial charge in [0.05, 0.1) is 22.2 Å². The molecule has 0 aliphatic heterocycles. The number of fused-ring (bicyclic) bond motifs is 12. The van der Waals surface area contributed by atoms with E-state index in [4.69, 9.17) is 12.8 Å². The Balaban J connectivity index is 0.000000219. The van der Waals surface area contributed by atoms with E-state index in [2.05, 4.69) is 194 Å². The van der Waals surface area contributed by atoms with E-state index in [0.29, 0.717) is 0 Å². The number of aryl methyl sites for hydroxylation is 2. The minimum atomic E-state index is 0. The van der Waals surface area contributed by atoms with Gasteiger partial charge in [0.15, 0.2) is 11.3 Å². The first kappa shape index (κ1) is 48.7. The van der Waals surface area contributed by atoms with Crippen molar-refractivity contribution < 1.29 is 40.2 Å². The molecule has 12 heteroatoms. The van der Waals surface area contributed by atoms with Gasteiger partial charge in [0, 0.05) is 124 Å². The monoisotopic (exact) mass is 1190 g/mol. The van der Waals surface area contributed by atoms with Gasteiger partial charge in [-0.25, -0.2) is 24.9 Å². The van der Waals surface area contributed by atoms with Crippen molar-refractivity contribution in [3.05, 3.63) is 91.4 Å². The number of terminal acetylenes is 1. The van der Waals surface area contributed by atoms with Crippen molar-refractivity contribution in [2.45, 2.75) is 13.8 Å². The van der Waals surface area contributed by atoms with E-state index in [-0.39, 0.29) is 40.2 Å². The third-order valence-corrected chi connectivity index (χ3v) is 7.52. The van der Waals surface area contributed by atoms with Crippen molar-refractivity contribution in [1.82, 2.24) is 49.1 Å². The smallest absolute Gasteiger partial charge is 0.180 e. The summed E-state index contributed by atoms with van der Waals surface area (Å²) in [5.74, 6) is 62.6. The molecule has 8 aromatic heterocycles. The van der Waals surface area contributed by atoms with Crippen molar-refractivity contribution in [1.29, 1.82) is 0 Å². The molecule has 0 saturated heterocycles. The summed E-state index contributed by atoms with van der Waals surface area (Å²) in [6.45, 7) is 3.87. The van der Waals surface area contributed by atoms with E-state index in [1.165, 1.54) is 0 Å². The number of hydrogen-bond acceptors (Lipinski definition) is 8. The van der Waals surface area contributed by atoms with Crippen molar-refractivity contribution in [3.63, 3.8) is 0 Å². The predicted molar refractivity (Wildman–Crippen MR) is 245 cm³/mol. The molecule has 0 amide bonds. The first-order valence-electron chi connectivity index (χ1n) is 18.1. The Kier molecular flexibility index (Phi) is 19.5. The summed E-state index contributed by atoms with van der Waals surface area (Å²) in [6.07, 6.45) is 21.7. The molecule has 304 valence electrons. The van der Waals surface area contributed by atoms with Gasteiger partial charge in [-0.3, -0.25) is 20.9 Å². The molecule has 0 unspecified atom stereocenters. The van der Waals surface area contributed by atoms with Crippen molar-refractivity contribution in [2.24, 2.45) is 0 Å². The molecule has 0 aliphatic rings. The molecule has 0 bridgehead atoms. The number of pyridine rings is 4. The first-order valence-corrected chi connectivity index (χ1v) is 18.1. The zero-order valence-electron chi connectivity index (χ0n) is 34.1. The maximum absolute atomic E-state index is 6.52. The molecule has 0 spiro atoms. The Morgan fingerprint density at radius 2 is 0.864 bits per heavy atom. The number of nitrogens with zero attached hydrogens (tertiary/aromatic N) is 10. The van der Waals surface area contributed by atoms with Gasteiger partial charge in [0.2, 0.25) is 0 Å². The fraction of sp³-hybridized carbons (Fsp3) is 0.0370. The fourth-order valence-electron chi connectivity index (χ4n) is 5.28. The molecule has 0 atom stereocenters. The summed E-state index contributed by atoms with van der Waals surface area (Å²) >= 11 is 0. The summed E-state index contributed by atoms with van der Waals surface area (Å²) in [7, 11) is 0. The molecular formula is C54H18Ir2N10-2. The second-order valence-electron chi connectivity index (χ2n) is 11.6. The Hall–Kier alpha value is -9.98. The van der Waals surface area contributed by atoms with Crippen LogP contribution in [-0.2, 0) is 40.2 Å². The zero-order valence-corrected chi connectivity index (χ0v) is 38.9. The molecule has 0 saturated carbocycles. The first-order chi connectivity index (χ1) is 31.6. The third-order valence-electron chi connectivity index (χ3n) is 7.52. The van der Waals surface area contributed by atoms with Crippen LogP contribution < -0.4 is 0 Å². The van der Waals surface area contributed by atoms with Crippen LogP contribution in [0.3, 0.4) is 0 Å². The average molecular weight is 1190 g/mol. The molecule has 66 heavy (non-hydrogen) atoms. The third kappa shape index (κ3) is 13.3. The zero-order chi connectivity index (χ0) is 44.6. The standard InChI is InChI=1S/C28H.C13H9N5.C13H8N5.2Ir/c1-3-5-7-9-11-13-15-17-19-21-23-25-27-28-26-24-22-20-18-16-14-12-10-8-6-4-2;2*1-8-7-10-11-9(3-2-4-14-11)12-13(18(10)17-8)16-6-5-15-12;;/h1H;2-7H,1H3;2-6H,1H3;;/q-1;;-1;;. The Morgan fingerprint density at radius 3 is 1.33 bits per heavy atom. The minimum Gasteiger partial charge on any atom is -0.358 e. The van der Waals surface area contributed by atoms with Crippen LogP contribution in [0.15, 0.2) is 67.5 Å². The molecular weight excluding hydrogens is 1170 g/mol. The van der Waals surface area contributed by atoms with E-state index in [1.807, 2.05) is 54.6 Å². The van der Waals surface area contributed by atoms with Gasteiger partial charge < -0.3 is 11.4 Å². The van der Waals surface area contributed by atoms with Gasteiger partial charge >= 0.3 is 0 Å². The van der Waals surface area contributed by atoms with Crippen LogP contribution in [0.4, 0.5) is 0 Å². The van der Waals surface area contributed by atoms with Crippen LogP contribution in [0.5, 0.6) is 0 Å². The molecule has 8 rings (SSSR count). The molecule has 2 radical (unpaired) electrons. The summed E-state index contributed by atoms with van der Waals surface area (Å²) in [4.78, 5) is 26.4. The van der Waals surface area contributed by atoms with E-state index >= 15 is 0 Å². The van der Waals surface area contributed by atoms with Crippen LogP contribution in [-0.4, -0.2) is 49.1 Å². The van der Waals surface area contributed by atoms with Crippen LogP contribution in [0, 0.1) is 187 Å². The topological polar surface area (TPSA) is 112 Å². The molecule has 0 aromatic carbocycles. The van der Waals surface area contributed by atoms with Gasteiger partial charge in [-0.15, -0.1) is 12.3 Å². The second-order valence-corrected chi connectivity index (χ2v) is 11.6. The van der Waals surface area contributed by atoms with Gasteiger partial charge in [-0.1, -0.05) is 22.5 Å². The van der Waals surface area contributed by atoms with Gasteiger partial charge in [0.25, 0.3) is 0 Å². The molecule has 0 fully saturated rings. The van der Waals surface area contributed by atoms with Crippen molar-refractivity contribution in [2.75, 3.05) is 0 Å². The quantitative estimate of drug-likeness (QED) is 0.126. The van der Waals surface area contributed by atoms with Crippen molar-refractivity contribution >= 4 is 55.2 Å². The maximum Gasteiger partial charge on any atom is 0.180 e. The summed E-state index contributed by atoms with van der Waals surface area (Å²) in [5.41, 5.74) is 8.48. The Bertz CT molecular complexity index is 3700. The van der Waals surface area contributed by atoms with Gasteiger partial charge in [-0.05, 0) is 139 Å². The van der Waals surface area contributed by atoms with Gasteiger partial charge in [-0.2, -0.15) is 16.3 Å². The van der Waals surface area contributed by atoms with Gasteiger partial charge in [0.1, 0.15) is 5.52 Å². The van der Waals surface area contributed by atoms with E-state index in [1.54, 1.807) is 41.7 Å². The summed E-state index contributed by atoms with van der Waals surface area (Å²) < 4.78 is 3.57. The molecule has 0 N–H and O–H groups in total.